The SMILES string of the molecule is CCOc1cccc(-c2nc(N)c(I)c(CC(C)C)n2)c1. The van der Waals surface area contributed by atoms with E-state index in [-0.39, 0.29) is 0 Å². The standard InChI is InChI=1S/C16H20IN3O/c1-4-21-12-7-5-6-11(9-12)16-19-13(8-10(2)3)14(17)15(18)20-16/h5-7,9-10H,4,8H2,1-3H3,(H2,18,19,20). The van der Waals surface area contributed by atoms with E-state index < -0.39 is 0 Å². The molecule has 0 aliphatic heterocycles. The number of ether oxygens (including phenoxy) is 1. The molecule has 1 aromatic heterocycles. The second-order valence-electron chi connectivity index (χ2n) is 5.25. The van der Waals surface area contributed by atoms with E-state index in [9.17, 15) is 0 Å². The van der Waals surface area contributed by atoms with Gasteiger partial charge in [0.15, 0.2) is 5.82 Å². The van der Waals surface area contributed by atoms with E-state index in [1.165, 1.54) is 0 Å². The van der Waals surface area contributed by atoms with Crippen LogP contribution < -0.4 is 10.5 Å². The first-order valence-corrected chi connectivity index (χ1v) is 8.14. The van der Waals surface area contributed by atoms with Crippen LogP contribution in [0.2, 0.25) is 0 Å². The van der Waals surface area contributed by atoms with Gasteiger partial charge < -0.3 is 10.5 Å². The number of aromatic nitrogens is 2. The summed E-state index contributed by atoms with van der Waals surface area (Å²) >= 11 is 2.22. The van der Waals surface area contributed by atoms with Crippen molar-refractivity contribution in [3.8, 4) is 17.1 Å². The van der Waals surface area contributed by atoms with Crippen LogP contribution in [0.25, 0.3) is 11.4 Å². The fourth-order valence-electron chi connectivity index (χ4n) is 2.06. The van der Waals surface area contributed by atoms with Crippen molar-refractivity contribution in [3.05, 3.63) is 33.5 Å². The second kappa shape index (κ2) is 7.06. The third kappa shape index (κ3) is 4.06. The number of benzene rings is 1. The van der Waals surface area contributed by atoms with Crippen molar-refractivity contribution in [2.24, 2.45) is 5.92 Å². The Hall–Kier alpha value is -1.37. The number of nitrogens with zero attached hydrogens (tertiary/aromatic N) is 2. The van der Waals surface area contributed by atoms with Crippen LogP contribution in [-0.4, -0.2) is 16.6 Å². The lowest BCUT2D eigenvalue weighted by Gasteiger charge is -2.11. The third-order valence-electron chi connectivity index (χ3n) is 2.95. The van der Waals surface area contributed by atoms with Crippen LogP contribution in [0.4, 0.5) is 5.82 Å². The van der Waals surface area contributed by atoms with Gasteiger partial charge in [0.1, 0.15) is 11.6 Å². The molecule has 0 atom stereocenters. The molecule has 0 bridgehead atoms. The third-order valence-corrected chi connectivity index (χ3v) is 4.13. The summed E-state index contributed by atoms with van der Waals surface area (Å²) in [6.45, 7) is 6.94. The quantitative estimate of drug-likeness (QED) is 0.777. The average molecular weight is 397 g/mol. The van der Waals surface area contributed by atoms with Crippen LogP contribution >= 0.6 is 22.6 Å². The molecule has 0 radical (unpaired) electrons. The van der Waals surface area contributed by atoms with Gasteiger partial charge in [-0.05, 0) is 54.0 Å². The van der Waals surface area contributed by atoms with Crippen LogP contribution in [0.15, 0.2) is 24.3 Å². The summed E-state index contributed by atoms with van der Waals surface area (Å²) in [6, 6.07) is 7.80. The molecule has 0 spiro atoms. The van der Waals surface area contributed by atoms with Crippen molar-refractivity contribution < 1.29 is 4.74 Å². The van der Waals surface area contributed by atoms with Crippen molar-refractivity contribution in [2.75, 3.05) is 12.3 Å². The first kappa shape index (κ1) is 16.0. The van der Waals surface area contributed by atoms with E-state index in [0.29, 0.717) is 24.2 Å². The largest absolute Gasteiger partial charge is 0.494 e. The zero-order chi connectivity index (χ0) is 15.4. The molecular weight excluding hydrogens is 377 g/mol. The minimum Gasteiger partial charge on any atom is -0.494 e. The highest BCUT2D eigenvalue weighted by Crippen LogP contribution is 2.26. The predicted molar refractivity (Wildman–Crippen MR) is 94.3 cm³/mol. The monoisotopic (exact) mass is 397 g/mol. The van der Waals surface area contributed by atoms with Gasteiger partial charge in [-0.2, -0.15) is 0 Å². The summed E-state index contributed by atoms with van der Waals surface area (Å²) in [5.74, 6) is 2.54. The van der Waals surface area contributed by atoms with Crippen LogP contribution in [0.5, 0.6) is 5.75 Å². The number of nitrogens with two attached hydrogens (primary N) is 1. The van der Waals surface area contributed by atoms with Gasteiger partial charge in [-0.3, -0.25) is 0 Å². The Morgan fingerprint density at radius 3 is 2.71 bits per heavy atom. The number of hydrogen-bond acceptors (Lipinski definition) is 4. The maximum absolute atomic E-state index is 6.04. The Morgan fingerprint density at radius 2 is 2.05 bits per heavy atom. The molecule has 2 aromatic rings. The van der Waals surface area contributed by atoms with Gasteiger partial charge >= 0.3 is 0 Å². The Balaban J connectivity index is 2.44. The summed E-state index contributed by atoms with van der Waals surface area (Å²) in [7, 11) is 0. The molecule has 21 heavy (non-hydrogen) atoms. The van der Waals surface area contributed by atoms with Crippen molar-refractivity contribution in [2.45, 2.75) is 27.2 Å². The predicted octanol–water partition coefficient (Wildman–Crippen LogP) is 3.93. The molecule has 4 nitrogen and oxygen atoms in total. The average Bonchev–Trinajstić information content (AvgIpc) is 2.44. The number of halogens is 1. The summed E-state index contributed by atoms with van der Waals surface area (Å²) < 4.78 is 6.48. The fourth-order valence-corrected chi connectivity index (χ4v) is 2.52. The van der Waals surface area contributed by atoms with Crippen LogP contribution in [-0.2, 0) is 6.42 Å². The molecule has 0 saturated carbocycles. The highest BCUT2D eigenvalue weighted by Gasteiger charge is 2.13. The Morgan fingerprint density at radius 1 is 1.29 bits per heavy atom. The molecule has 0 aliphatic carbocycles. The lowest BCUT2D eigenvalue weighted by atomic mass is 10.1. The van der Waals surface area contributed by atoms with Crippen LogP contribution in [0.1, 0.15) is 26.5 Å². The summed E-state index contributed by atoms with van der Waals surface area (Å²) in [5.41, 5.74) is 7.98. The number of anilines is 1. The van der Waals surface area contributed by atoms with Crippen molar-refractivity contribution >= 4 is 28.4 Å². The van der Waals surface area contributed by atoms with Crippen LogP contribution in [0.3, 0.4) is 0 Å². The van der Waals surface area contributed by atoms with E-state index in [0.717, 1.165) is 27.0 Å². The molecule has 5 heteroatoms. The van der Waals surface area contributed by atoms with Crippen LogP contribution in [0, 0.1) is 9.49 Å². The van der Waals surface area contributed by atoms with E-state index in [2.05, 4.69) is 41.4 Å². The molecule has 1 heterocycles. The van der Waals surface area contributed by atoms with Gasteiger partial charge in [0.05, 0.1) is 15.9 Å². The summed E-state index contributed by atoms with van der Waals surface area (Å²) in [5, 5.41) is 0. The van der Waals surface area contributed by atoms with E-state index in [4.69, 9.17) is 15.5 Å². The lowest BCUT2D eigenvalue weighted by Crippen LogP contribution is -2.07. The number of rotatable bonds is 5. The second-order valence-corrected chi connectivity index (χ2v) is 6.33. The van der Waals surface area contributed by atoms with Gasteiger partial charge in [0.25, 0.3) is 0 Å². The number of hydrogen-bond donors (Lipinski definition) is 1. The Kier molecular flexibility index (Phi) is 5.39. The van der Waals surface area contributed by atoms with Gasteiger partial charge in [-0.25, -0.2) is 9.97 Å². The van der Waals surface area contributed by atoms with Crippen molar-refractivity contribution in [1.29, 1.82) is 0 Å². The zero-order valence-corrected chi connectivity index (χ0v) is 14.7. The molecule has 2 rings (SSSR count). The molecule has 0 saturated heterocycles. The molecular formula is C16H20IN3O. The smallest absolute Gasteiger partial charge is 0.161 e. The van der Waals surface area contributed by atoms with Crippen molar-refractivity contribution in [1.82, 2.24) is 9.97 Å². The Labute approximate surface area is 139 Å². The van der Waals surface area contributed by atoms with Crippen molar-refractivity contribution in [3.63, 3.8) is 0 Å². The molecule has 0 unspecified atom stereocenters. The minimum atomic E-state index is 0.524. The van der Waals surface area contributed by atoms with Gasteiger partial charge in [-0.1, -0.05) is 26.0 Å². The topological polar surface area (TPSA) is 61.0 Å². The van der Waals surface area contributed by atoms with E-state index in [1.54, 1.807) is 0 Å². The van der Waals surface area contributed by atoms with Gasteiger partial charge in [0.2, 0.25) is 0 Å². The first-order valence-electron chi connectivity index (χ1n) is 7.06. The molecule has 0 aliphatic rings. The van der Waals surface area contributed by atoms with E-state index in [1.807, 2.05) is 31.2 Å². The maximum Gasteiger partial charge on any atom is 0.161 e. The van der Waals surface area contributed by atoms with E-state index >= 15 is 0 Å². The first-order chi connectivity index (χ1) is 10.0. The maximum atomic E-state index is 6.04. The summed E-state index contributed by atoms with van der Waals surface area (Å²) in [6.07, 6.45) is 0.892. The normalized spacial score (nSPS) is 10.9. The molecule has 0 fully saturated rings. The van der Waals surface area contributed by atoms with Gasteiger partial charge in [-0.15, -0.1) is 0 Å². The lowest BCUT2D eigenvalue weighted by molar-refractivity contribution is 0.340. The molecule has 112 valence electrons. The summed E-state index contributed by atoms with van der Waals surface area (Å²) in [4.78, 5) is 9.11. The minimum absolute atomic E-state index is 0.524. The molecule has 1 aromatic carbocycles. The molecule has 2 N–H and O–H groups in total. The number of nitrogen functional groups attached to an aromatic ring is 1. The Bertz CT molecular complexity index is 629. The highest BCUT2D eigenvalue weighted by atomic mass is 127. The highest BCUT2D eigenvalue weighted by molar-refractivity contribution is 14.1. The van der Waals surface area contributed by atoms with Gasteiger partial charge in [0, 0.05) is 5.56 Å². The molecule has 0 amide bonds. The zero-order valence-electron chi connectivity index (χ0n) is 12.6. The fraction of sp³-hybridized carbons (Fsp3) is 0.375.